The molecule has 0 saturated carbocycles. The van der Waals surface area contributed by atoms with Crippen LogP contribution < -0.4 is 10.1 Å². The number of benzene rings is 1. The summed E-state index contributed by atoms with van der Waals surface area (Å²) in [4.78, 5) is 5.26. The van der Waals surface area contributed by atoms with E-state index in [4.69, 9.17) is 4.74 Å². The number of aromatic nitrogens is 1. The second-order valence-electron chi connectivity index (χ2n) is 4.18. The van der Waals surface area contributed by atoms with Crippen LogP contribution in [0.1, 0.15) is 30.3 Å². The van der Waals surface area contributed by atoms with Crippen molar-refractivity contribution in [3.63, 3.8) is 0 Å². The highest BCUT2D eigenvalue weighted by molar-refractivity contribution is 7.09. The van der Waals surface area contributed by atoms with E-state index in [1.54, 1.807) is 11.3 Å². The van der Waals surface area contributed by atoms with Crippen molar-refractivity contribution in [1.29, 1.82) is 0 Å². The molecular weight excluding hydrogens is 260 g/mol. The average Bonchev–Trinajstić information content (AvgIpc) is 2.94. The van der Waals surface area contributed by atoms with E-state index in [-0.39, 0.29) is 12.6 Å². The summed E-state index contributed by atoms with van der Waals surface area (Å²) < 4.78 is 5.46. The third-order valence-corrected chi connectivity index (χ3v) is 3.75. The Hall–Kier alpha value is -1.59. The number of aliphatic hydroxyl groups is 1. The molecule has 0 bridgehead atoms. The molecule has 4 nitrogen and oxygen atoms in total. The lowest BCUT2D eigenvalue weighted by Crippen LogP contribution is -2.06. The maximum atomic E-state index is 9.37. The Bertz CT molecular complexity index is 514. The van der Waals surface area contributed by atoms with Crippen LogP contribution in [-0.2, 0) is 6.61 Å². The number of nitrogens with one attached hydrogen (secondary N) is 1. The van der Waals surface area contributed by atoms with Crippen LogP contribution in [0.2, 0.25) is 0 Å². The van der Waals surface area contributed by atoms with Gasteiger partial charge >= 0.3 is 0 Å². The quantitative estimate of drug-likeness (QED) is 0.852. The van der Waals surface area contributed by atoms with E-state index in [0.29, 0.717) is 6.61 Å². The van der Waals surface area contributed by atoms with Crippen molar-refractivity contribution in [3.8, 4) is 5.75 Å². The number of anilines is 1. The molecule has 0 saturated heterocycles. The van der Waals surface area contributed by atoms with E-state index in [0.717, 1.165) is 17.0 Å². The molecule has 19 heavy (non-hydrogen) atoms. The Balaban J connectivity index is 2.12. The fourth-order valence-corrected chi connectivity index (χ4v) is 2.48. The maximum absolute atomic E-state index is 9.37. The summed E-state index contributed by atoms with van der Waals surface area (Å²) >= 11 is 1.62. The minimum absolute atomic E-state index is 0.0280. The largest absolute Gasteiger partial charge is 0.494 e. The Morgan fingerprint density at radius 1 is 1.47 bits per heavy atom. The predicted octanol–water partition coefficient (Wildman–Crippen LogP) is 3.21. The van der Waals surface area contributed by atoms with Crippen LogP contribution in [0.15, 0.2) is 29.9 Å². The van der Waals surface area contributed by atoms with Crippen molar-refractivity contribution in [2.45, 2.75) is 26.5 Å². The van der Waals surface area contributed by atoms with Gasteiger partial charge in [0.1, 0.15) is 5.75 Å². The van der Waals surface area contributed by atoms with E-state index in [1.807, 2.05) is 36.8 Å². The molecule has 5 heteroatoms. The number of nitrogens with zero attached hydrogens (tertiary/aromatic N) is 1. The molecule has 2 aromatic rings. The van der Waals surface area contributed by atoms with E-state index in [9.17, 15) is 5.11 Å². The van der Waals surface area contributed by atoms with Crippen molar-refractivity contribution >= 4 is 17.0 Å². The fourth-order valence-electron chi connectivity index (χ4n) is 1.85. The fraction of sp³-hybridized carbons (Fsp3) is 0.357. The summed E-state index contributed by atoms with van der Waals surface area (Å²) in [6.07, 6.45) is 1.86. The summed E-state index contributed by atoms with van der Waals surface area (Å²) in [6, 6.07) is 5.96. The molecule has 0 aliphatic heterocycles. The summed E-state index contributed by atoms with van der Waals surface area (Å²) in [5.41, 5.74) is 3.59. The Morgan fingerprint density at radius 2 is 2.32 bits per heavy atom. The van der Waals surface area contributed by atoms with Crippen molar-refractivity contribution < 1.29 is 9.84 Å². The first-order chi connectivity index (χ1) is 9.24. The third kappa shape index (κ3) is 3.45. The van der Waals surface area contributed by atoms with Crippen molar-refractivity contribution in [2.24, 2.45) is 0 Å². The van der Waals surface area contributed by atoms with Gasteiger partial charge in [-0.3, -0.25) is 4.98 Å². The van der Waals surface area contributed by atoms with E-state index >= 15 is 0 Å². The van der Waals surface area contributed by atoms with Gasteiger partial charge in [-0.2, -0.15) is 0 Å². The Labute approximate surface area is 117 Å². The van der Waals surface area contributed by atoms with Crippen LogP contribution in [0.4, 0.5) is 5.69 Å². The number of hydrogen-bond donors (Lipinski definition) is 2. The van der Waals surface area contributed by atoms with Crippen LogP contribution in [0.25, 0.3) is 0 Å². The highest BCUT2D eigenvalue weighted by atomic mass is 32.1. The van der Waals surface area contributed by atoms with Crippen LogP contribution >= 0.6 is 11.3 Å². The lowest BCUT2D eigenvalue weighted by molar-refractivity contribution is 0.267. The van der Waals surface area contributed by atoms with Gasteiger partial charge in [0.05, 0.1) is 24.8 Å². The van der Waals surface area contributed by atoms with Crippen molar-refractivity contribution in [2.75, 3.05) is 11.9 Å². The molecule has 0 aliphatic carbocycles. The van der Waals surface area contributed by atoms with Crippen molar-refractivity contribution in [1.82, 2.24) is 4.98 Å². The van der Waals surface area contributed by atoms with Gasteiger partial charge in [-0.15, -0.1) is 11.3 Å². The first-order valence-electron chi connectivity index (χ1n) is 6.26. The molecular formula is C14H18N2O2S. The van der Waals surface area contributed by atoms with Crippen LogP contribution in [0.3, 0.4) is 0 Å². The molecule has 1 unspecified atom stereocenters. The highest BCUT2D eigenvalue weighted by Crippen LogP contribution is 2.26. The second-order valence-corrected chi connectivity index (χ2v) is 5.10. The standard InChI is InChI=1S/C14H18N2O2S/c1-3-18-13-5-4-12(6-11(13)8-17)16-10(2)14-7-15-9-19-14/h4-7,9-10,16-17H,3,8H2,1-2H3. The number of ether oxygens (including phenoxy) is 1. The lowest BCUT2D eigenvalue weighted by Gasteiger charge is -2.15. The van der Waals surface area contributed by atoms with Crippen LogP contribution in [0, 0.1) is 0 Å². The molecule has 1 atom stereocenters. The molecule has 2 rings (SSSR count). The van der Waals surface area contributed by atoms with Gasteiger partial charge < -0.3 is 15.2 Å². The summed E-state index contributed by atoms with van der Waals surface area (Å²) in [6.45, 7) is 4.58. The smallest absolute Gasteiger partial charge is 0.124 e. The third-order valence-electron chi connectivity index (χ3n) is 2.79. The van der Waals surface area contributed by atoms with Gasteiger partial charge in [-0.25, -0.2) is 0 Å². The molecule has 1 heterocycles. The SMILES string of the molecule is CCOc1ccc(NC(C)c2cncs2)cc1CO. The molecule has 2 N–H and O–H groups in total. The zero-order chi connectivity index (χ0) is 13.7. The first-order valence-corrected chi connectivity index (χ1v) is 7.14. The van der Waals surface area contributed by atoms with Gasteiger partial charge in [-0.05, 0) is 32.0 Å². The van der Waals surface area contributed by atoms with Crippen LogP contribution in [-0.4, -0.2) is 16.7 Å². The van der Waals surface area contributed by atoms with Crippen molar-refractivity contribution in [3.05, 3.63) is 40.3 Å². The van der Waals surface area contributed by atoms with E-state index in [1.165, 1.54) is 4.88 Å². The molecule has 0 radical (unpaired) electrons. The minimum atomic E-state index is -0.0280. The summed E-state index contributed by atoms with van der Waals surface area (Å²) in [5, 5.41) is 12.8. The summed E-state index contributed by atoms with van der Waals surface area (Å²) in [5.74, 6) is 0.737. The Morgan fingerprint density at radius 3 is 2.95 bits per heavy atom. The van der Waals surface area contributed by atoms with Gasteiger partial charge in [0, 0.05) is 22.3 Å². The molecule has 0 amide bonds. The topological polar surface area (TPSA) is 54.4 Å². The molecule has 0 spiro atoms. The zero-order valence-electron chi connectivity index (χ0n) is 11.1. The number of thiazole rings is 1. The molecule has 1 aromatic heterocycles. The molecule has 1 aromatic carbocycles. The first kappa shape index (κ1) is 13.8. The van der Waals surface area contributed by atoms with Crippen LogP contribution in [0.5, 0.6) is 5.75 Å². The molecule has 0 aliphatic rings. The van der Waals surface area contributed by atoms with Gasteiger partial charge in [0.2, 0.25) is 0 Å². The average molecular weight is 278 g/mol. The maximum Gasteiger partial charge on any atom is 0.124 e. The lowest BCUT2D eigenvalue weighted by atomic mass is 10.1. The normalized spacial score (nSPS) is 12.2. The summed E-state index contributed by atoms with van der Waals surface area (Å²) in [7, 11) is 0. The monoisotopic (exact) mass is 278 g/mol. The van der Waals surface area contributed by atoms with E-state index in [2.05, 4.69) is 17.2 Å². The Kier molecular flexibility index (Phi) is 4.76. The van der Waals surface area contributed by atoms with E-state index < -0.39 is 0 Å². The second kappa shape index (κ2) is 6.54. The minimum Gasteiger partial charge on any atom is -0.494 e. The zero-order valence-corrected chi connectivity index (χ0v) is 11.9. The van der Waals surface area contributed by atoms with Gasteiger partial charge in [0.15, 0.2) is 0 Å². The van der Waals surface area contributed by atoms with Gasteiger partial charge in [-0.1, -0.05) is 0 Å². The highest BCUT2D eigenvalue weighted by Gasteiger charge is 2.09. The number of hydrogen-bond acceptors (Lipinski definition) is 5. The molecule has 0 fully saturated rings. The number of rotatable bonds is 6. The number of aliphatic hydroxyl groups excluding tert-OH is 1. The predicted molar refractivity (Wildman–Crippen MR) is 77.7 cm³/mol. The van der Waals surface area contributed by atoms with Gasteiger partial charge in [0.25, 0.3) is 0 Å². The molecule has 102 valence electrons.